The molecule has 0 unspecified atom stereocenters. The van der Waals surface area contributed by atoms with E-state index in [0.717, 1.165) is 192 Å². The SMILES string of the molecule is Brc1cccc(-c2nc(-c3ccc4ccccc4c3)nc(-c3cccc4ccccc34)n2)c1.CC1(C)OB(c2ccc(-c3ccc(-c4nc(-c5ccccc5)nc(-c5ccccc5)n4)cc3)c3oc4ccccc4c23)OC1(C)C.c1ccc(-c2nc(-c3ccccc3)nc(-c3ccc(-c4ccc(-c5cccc(-c6nc(-c7ccc8ccccc8c7)nc(-c7cccc8ccccc78)n6)c5)c5c4oc4ccccc45)cc3)n2)cc1. The van der Waals surface area contributed by atoms with E-state index in [-0.39, 0.29) is 0 Å². The first-order valence-electron chi connectivity index (χ1n) is 49.2. The summed E-state index contributed by atoms with van der Waals surface area (Å²) < 4.78 is 27.3. The fraction of sp³-hybridized carbons (Fsp3) is 0.0462. The Balaban J connectivity index is 0.000000124. The van der Waals surface area contributed by atoms with Crippen molar-refractivity contribution >= 4 is 115 Å². The third-order valence-corrected chi connectivity index (χ3v) is 28.3. The Kier molecular flexibility index (Phi) is 23.7. The number of furan rings is 2. The summed E-state index contributed by atoms with van der Waals surface area (Å²) in [5, 5.41) is 13.2. The Morgan fingerprint density at radius 3 is 0.885 bits per heavy atom. The molecule has 0 atom stereocenters. The molecule has 0 aliphatic carbocycles. The summed E-state index contributed by atoms with van der Waals surface area (Å²) in [6.07, 6.45) is 0. The van der Waals surface area contributed by atoms with Crippen LogP contribution in [0, 0.1) is 0 Å². The van der Waals surface area contributed by atoms with Crippen molar-refractivity contribution in [2.75, 3.05) is 0 Å². The van der Waals surface area contributed by atoms with Crippen LogP contribution in [0.5, 0.6) is 0 Å². The summed E-state index contributed by atoms with van der Waals surface area (Å²) in [5.41, 5.74) is 20.6. The molecule has 0 saturated carbocycles. The lowest BCUT2D eigenvalue weighted by atomic mass is 9.75. The zero-order valence-electron chi connectivity index (χ0n) is 80.8. The van der Waals surface area contributed by atoms with Crippen LogP contribution < -0.4 is 5.46 Å². The zero-order chi connectivity index (χ0) is 99.3. The van der Waals surface area contributed by atoms with Gasteiger partial charge in [-0.15, -0.1) is 0 Å². The van der Waals surface area contributed by atoms with Gasteiger partial charge < -0.3 is 18.1 Å². The van der Waals surface area contributed by atoms with Crippen molar-refractivity contribution in [1.29, 1.82) is 0 Å². The van der Waals surface area contributed by atoms with E-state index in [1.165, 1.54) is 5.39 Å². The van der Waals surface area contributed by atoms with Crippen molar-refractivity contribution in [2.24, 2.45) is 0 Å². The summed E-state index contributed by atoms with van der Waals surface area (Å²) in [7, 11) is -0.508. The first-order valence-corrected chi connectivity index (χ1v) is 50.0. The van der Waals surface area contributed by atoms with E-state index in [1.807, 2.05) is 194 Å². The van der Waals surface area contributed by atoms with E-state index in [4.69, 9.17) is 78.0 Å². The van der Waals surface area contributed by atoms with E-state index in [0.29, 0.717) is 69.9 Å². The minimum absolute atomic E-state index is 0.451. The van der Waals surface area contributed by atoms with E-state index < -0.39 is 18.3 Å². The molecule has 26 aromatic rings. The molecule has 0 N–H and O–H groups in total. The molecule has 16 nitrogen and oxygen atoms in total. The molecule has 20 aromatic carbocycles. The number of fused-ring (bicyclic) bond motifs is 10. The lowest BCUT2D eigenvalue weighted by Crippen LogP contribution is -2.41. The normalized spacial score (nSPS) is 12.7. The third kappa shape index (κ3) is 17.8. The Morgan fingerprint density at radius 1 is 0.189 bits per heavy atom. The van der Waals surface area contributed by atoms with Gasteiger partial charge in [0.1, 0.15) is 22.3 Å². The molecular formula is C130H88BBrN12O4. The van der Waals surface area contributed by atoms with Crippen LogP contribution in [0.2, 0.25) is 0 Å². The van der Waals surface area contributed by atoms with Crippen LogP contribution in [-0.2, 0) is 9.31 Å². The van der Waals surface area contributed by atoms with E-state index in [9.17, 15) is 0 Å². The highest BCUT2D eigenvalue weighted by Gasteiger charge is 2.52. The number of hydrogen-bond acceptors (Lipinski definition) is 16. The van der Waals surface area contributed by atoms with Gasteiger partial charge in [-0.2, -0.15) is 0 Å². The number of para-hydroxylation sites is 2. The van der Waals surface area contributed by atoms with Gasteiger partial charge >= 0.3 is 7.12 Å². The number of halogens is 1. The summed E-state index contributed by atoms with van der Waals surface area (Å²) in [6.45, 7) is 8.30. The van der Waals surface area contributed by atoms with Crippen LogP contribution >= 0.6 is 15.9 Å². The summed E-state index contributed by atoms with van der Waals surface area (Å²) in [5.74, 6) is 7.53. The van der Waals surface area contributed by atoms with Gasteiger partial charge in [0.05, 0.1) is 11.2 Å². The third-order valence-electron chi connectivity index (χ3n) is 27.8. The maximum absolute atomic E-state index is 6.79. The number of rotatable bonds is 16. The smallest absolute Gasteiger partial charge is 0.455 e. The molecule has 7 heterocycles. The molecule has 0 bridgehead atoms. The highest BCUT2D eigenvalue weighted by Crippen LogP contribution is 2.47. The maximum Gasteiger partial charge on any atom is 0.495 e. The minimum atomic E-state index is -0.508. The highest BCUT2D eigenvalue weighted by molar-refractivity contribution is 9.10. The predicted molar refractivity (Wildman–Crippen MR) is 602 cm³/mol. The molecule has 148 heavy (non-hydrogen) atoms. The molecule has 0 amide bonds. The Hall–Kier alpha value is -18.5. The van der Waals surface area contributed by atoms with Crippen molar-refractivity contribution in [3.63, 3.8) is 0 Å². The van der Waals surface area contributed by atoms with Gasteiger partial charge in [0.15, 0.2) is 69.9 Å². The molecule has 1 aliphatic rings. The lowest BCUT2D eigenvalue weighted by Gasteiger charge is -2.32. The Morgan fingerprint density at radius 2 is 0.466 bits per heavy atom. The number of benzene rings is 20. The topological polar surface area (TPSA) is 199 Å². The monoisotopic (exact) mass is 1970 g/mol. The van der Waals surface area contributed by atoms with Crippen molar-refractivity contribution in [3.05, 3.63) is 466 Å². The van der Waals surface area contributed by atoms with Gasteiger partial charge in [-0.3, -0.25) is 0 Å². The van der Waals surface area contributed by atoms with Gasteiger partial charge in [-0.25, -0.2) is 59.8 Å². The quantitative estimate of drug-likeness (QED) is 0.0827. The fourth-order valence-corrected chi connectivity index (χ4v) is 19.9. The molecule has 0 radical (unpaired) electrons. The molecule has 18 heteroatoms. The second-order valence-electron chi connectivity index (χ2n) is 37.7. The summed E-state index contributed by atoms with van der Waals surface area (Å²) >= 11 is 3.57. The van der Waals surface area contributed by atoms with Crippen molar-refractivity contribution in [3.8, 4) is 170 Å². The van der Waals surface area contributed by atoms with Crippen LogP contribution in [0.15, 0.2) is 474 Å². The number of nitrogens with zero attached hydrogens (tertiary/aromatic N) is 12. The molecule has 1 fully saturated rings. The molecule has 1 aliphatic heterocycles. The zero-order valence-corrected chi connectivity index (χ0v) is 82.4. The van der Waals surface area contributed by atoms with Crippen molar-refractivity contribution < 1.29 is 18.1 Å². The van der Waals surface area contributed by atoms with Crippen LogP contribution in [0.3, 0.4) is 0 Å². The summed E-state index contributed by atoms with van der Waals surface area (Å²) in [6, 6.07) is 157. The molecular weight excluding hydrogens is 1880 g/mol. The van der Waals surface area contributed by atoms with E-state index in [1.54, 1.807) is 0 Å². The first kappa shape index (κ1) is 90.8. The predicted octanol–water partition coefficient (Wildman–Crippen LogP) is 32.3. The second-order valence-corrected chi connectivity index (χ2v) is 38.6. The van der Waals surface area contributed by atoms with Crippen LogP contribution in [0.25, 0.3) is 257 Å². The van der Waals surface area contributed by atoms with E-state index in [2.05, 4.69) is 311 Å². The summed E-state index contributed by atoms with van der Waals surface area (Å²) in [4.78, 5) is 59.7. The average molecular weight is 1970 g/mol. The molecule has 0 spiro atoms. The van der Waals surface area contributed by atoms with Gasteiger partial charge in [-0.1, -0.05) is 428 Å². The van der Waals surface area contributed by atoms with Crippen LogP contribution in [0.1, 0.15) is 27.7 Å². The number of aromatic nitrogens is 12. The Labute approximate surface area is 861 Å². The van der Waals surface area contributed by atoms with Crippen LogP contribution in [-0.4, -0.2) is 78.1 Å². The lowest BCUT2D eigenvalue weighted by molar-refractivity contribution is 0.00578. The first-order chi connectivity index (χ1) is 72.7. The standard InChI is InChI=1S/C62H38N6O.C39H32BN3O3.C29H18BrN3/c1-3-17-42(18-4-1)57-63-58(43-19-5-2-6-20-43)65-59(64-57)44-32-30-41(31-33-44)51-36-35-50(55-53-26-11-12-28-54(53)69-56(51)55)46-23-13-24-47(38-46)60-66-61(48-34-29-39-15-7-8-21-45(39)37-48)68-62(67-60)52-27-14-22-40-16-9-10-25-49(40)52;1-38(2)39(3,4)46-40(45-38)31-24-23-29(34-33(31)30-17-11-12-18-32(30)44-34)25-19-21-28(22-20-25)37-42-35(26-13-7-5-8-14-26)41-36(43-37)27-15-9-6-10-16-27;30-24-12-5-11-22(18-24)27-31-28(23-16-15-19-7-1-2-9-21(19)17-23)33-29(32-27)26-14-6-10-20-8-3-4-13-25(20)26/h1-38H;5-24H,1-4H3;1-18H. The van der Waals surface area contributed by atoms with Gasteiger partial charge in [0.2, 0.25) is 0 Å². The largest absolute Gasteiger partial charge is 0.495 e. The van der Waals surface area contributed by atoms with Gasteiger partial charge in [0, 0.05) is 104 Å². The molecule has 27 rings (SSSR count). The van der Waals surface area contributed by atoms with Crippen molar-refractivity contribution in [1.82, 2.24) is 59.8 Å². The minimum Gasteiger partial charge on any atom is -0.455 e. The second kappa shape index (κ2) is 38.7. The number of hydrogen-bond donors (Lipinski definition) is 0. The molecule has 702 valence electrons. The Bertz CT molecular complexity index is 9450. The van der Waals surface area contributed by atoms with E-state index >= 15 is 0 Å². The molecule has 6 aromatic heterocycles. The van der Waals surface area contributed by atoms with Gasteiger partial charge in [0.25, 0.3) is 0 Å². The molecule has 1 saturated heterocycles. The van der Waals surface area contributed by atoms with Gasteiger partial charge in [-0.05, 0) is 147 Å². The van der Waals surface area contributed by atoms with Crippen molar-refractivity contribution in [2.45, 2.75) is 38.9 Å². The highest BCUT2D eigenvalue weighted by atomic mass is 79.9. The maximum atomic E-state index is 6.79. The average Bonchev–Trinajstić information content (AvgIpc) is 1.58. The van der Waals surface area contributed by atoms with Crippen LogP contribution in [0.4, 0.5) is 0 Å². The fourth-order valence-electron chi connectivity index (χ4n) is 19.5.